The van der Waals surface area contributed by atoms with Gasteiger partial charge in [0.15, 0.2) is 5.13 Å². The monoisotopic (exact) mass is 245 g/mol. The van der Waals surface area contributed by atoms with Crippen LogP contribution in [0.4, 0.5) is 5.13 Å². The molecule has 0 unspecified atom stereocenters. The van der Waals surface area contributed by atoms with Gasteiger partial charge in [0.1, 0.15) is 0 Å². The number of nitrogens with zero attached hydrogens (tertiary/aromatic N) is 2. The molecule has 4 nitrogen and oxygen atoms in total. The lowest BCUT2D eigenvalue weighted by Gasteiger charge is -2.15. The van der Waals surface area contributed by atoms with E-state index in [0.29, 0.717) is 18.2 Å². The molecule has 0 fully saturated rings. The van der Waals surface area contributed by atoms with Crippen molar-refractivity contribution < 1.29 is 4.79 Å². The maximum Gasteiger partial charge on any atom is 0.254 e. The number of aromatic nitrogens is 1. The quantitative estimate of drug-likeness (QED) is 0.834. The standard InChI is InChI=1S/C12H11N3OS/c13-12-14-9-6-15(7-10(9)17-12)11(16)8-4-2-1-3-5-8/h1-5H,6-7H2,(H2,13,14). The van der Waals surface area contributed by atoms with Crippen LogP contribution in [0, 0.1) is 0 Å². The second-order valence-corrected chi connectivity index (χ2v) is 5.06. The average Bonchev–Trinajstić information content (AvgIpc) is 2.86. The molecule has 0 bridgehead atoms. The Kier molecular flexibility index (Phi) is 2.33. The molecular formula is C12H11N3OS. The summed E-state index contributed by atoms with van der Waals surface area (Å²) in [6, 6.07) is 9.30. The first-order chi connectivity index (χ1) is 8.24. The summed E-state index contributed by atoms with van der Waals surface area (Å²) in [7, 11) is 0. The van der Waals surface area contributed by atoms with Gasteiger partial charge in [0.25, 0.3) is 5.91 Å². The summed E-state index contributed by atoms with van der Waals surface area (Å²) >= 11 is 1.47. The van der Waals surface area contributed by atoms with E-state index in [1.54, 1.807) is 4.90 Å². The largest absolute Gasteiger partial charge is 0.375 e. The van der Waals surface area contributed by atoms with Crippen molar-refractivity contribution in [2.24, 2.45) is 0 Å². The van der Waals surface area contributed by atoms with Gasteiger partial charge in [-0.25, -0.2) is 4.98 Å². The van der Waals surface area contributed by atoms with Crippen LogP contribution in [0.15, 0.2) is 30.3 Å². The molecular weight excluding hydrogens is 234 g/mol. The Morgan fingerprint density at radius 3 is 2.76 bits per heavy atom. The van der Waals surface area contributed by atoms with Gasteiger partial charge in [-0.05, 0) is 12.1 Å². The SMILES string of the molecule is Nc1nc2c(s1)CN(C(=O)c1ccccc1)C2. The van der Waals surface area contributed by atoms with Crippen molar-refractivity contribution >= 4 is 22.4 Å². The zero-order valence-corrected chi connectivity index (χ0v) is 9.91. The van der Waals surface area contributed by atoms with E-state index < -0.39 is 0 Å². The van der Waals surface area contributed by atoms with E-state index in [2.05, 4.69) is 4.98 Å². The predicted molar refractivity (Wildman–Crippen MR) is 66.5 cm³/mol. The molecule has 2 aromatic rings. The highest BCUT2D eigenvalue weighted by Gasteiger charge is 2.27. The fraction of sp³-hybridized carbons (Fsp3) is 0.167. The van der Waals surface area contributed by atoms with E-state index in [0.717, 1.165) is 16.1 Å². The van der Waals surface area contributed by atoms with Gasteiger partial charge in [-0.15, -0.1) is 11.3 Å². The number of amides is 1. The summed E-state index contributed by atoms with van der Waals surface area (Å²) in [5.41, 5.74) is 7.29. The van der Waals surface area contributed by atoms with E-state index in [-0.39, 0.29) is 5.91 Å². The lowest BCUT2D eigenvalue weighted by atomic mass is 10.2. The van der Waals surface area contributed by atoms with Gasteiger partial charge in [0.2, 0.25) is 0 Å². The first kappa shape index (κ1) is 10.3. The number of carbonyl (C=O) groups excluding carboxylic acids is 1. The molecule has 1 aromatic heterocycles. The zero-order chi connectivity index (χ0) is 11.8. The molecule has 0 saturated carbocycles. The molecule has 2 heterocycles. The summed E-state index contributed by atoms with van der Waals surface area (Å²) in [4.78, 5) is 19.3. The smallest absolute Gasteiger partial charge is 0.254 e. The first-order valence-electron chi connectivity index (χ1n) is 5.32. The first-order valence-corrected chi connectivity index (χ1v) is 6.14. The number of nitrogen functional groups attached to an aromatic ring is 1. The normalized spacial score (nSPS) is 13.8. The topological polar surface area (TPSA) is 59.2 Å². The molecule has 17 heavy (non-hydrogen) atoms. The number of hydrogen-bond acceptors (Lipinski definition) is 4. The predicted octanol–water partition coefficient (Wildman–Crippen LogP) is 1.88. The number of rotatable bonds is 1. The molecule has 3 rings (SSSR count). The lowest BCUT2D eigenvalue weighted by molar-refractivity contribution is 0.0751. The van der Waals surface area contributed by atoms with Crippen molar-refractivity contribution in [2.75, 3.05) is 5.73 Å². The summed E-state index contributed by atoms with van der Waals surface area (Å²) in [5.74, 6) is 0.0503. The fourth-order valence-corrected chi connectivity index (χ4v) is 2.82. The summed E-state index contributed by atoms with van der Waals surface area (Å²) in [6.45, 7) is 1.19. The maximum absolute atomic E-state index is 12.2. The van der Waals surface area contributed by atoms with E-state index in [1.807, 2.05) is 30.3 Å². The third kappa shape index (κ3) is 1.78. The molecule has 0 spiro atoms. The highest BCUT2D eigenvalue weighted by atomic mass is 32.1. The summed E-state index contributed by atoms with van der Waals surface area (Å²) in [6.07, 6.45) is 0. The molecule has 1 aliphatic heterocycles. The minimum atomic E-state index is 0.0503. The highest BCUT2D eigenvalue weighted by molar-refractivity contribution is 7.15. The van der Waals surface area contributed by atoms with Crippen LogP contribution in [0.25, 0.3) is 0 Å². The van der Waals surface area contributed by atoms with E-state index in [4.69, 9.17) is 5.73 Å². The van der Waals surface area contributed by atoms with Crippen molar-refractivity contribution in [3.05, 3.63) is 46.5 Å². The van der Waals surface area contributed by atoms with Crippen LogP contribution in [-0.4, -0.2) is 15.8 Å². The van der Waals surface area contributed by atoms with Gasteiger partial charge in [0.05, 0.1) is 23.7 Å². The molecule has 86 valence electrons. The molecule has 5 heteroatoms. The summed E-state index contributed by atoms with van der Waals surface area (Å²) in [5, 5.41) is 0.585. The van der Waals surface area contributed by atoms with Gasteiger partial charge in [-0.3, -0.25) is 4.79 Å². The second kappa shape index (κ2) is 3.85. The van der Waals surface area contributed by atoms with Crippen molar-refractivity contribution in [1.29, 1.82) is 0 Å². The van der Waals surface area contributed by atoms with Crippen LogP contribution in [0.2, 0.25) is 0 Å². The number of nitrogens with two attached hydrogens (primary N) is 1. The Morgan fingerprint density at radius 2 is 2.06 bits per heavy atom. The van der Waals surface area contributed by atoms with E-state index >= 15 is 0 Å². The lowest BCUT2D eigenvalue weighted by Crippen LogP contribution is -2.25. The van der Waals surface area contributed by atoms with E-state index in [1.165, 1.54) is 11.3 Å². The molecule has 1 amide bonds. The van der Waals surface area contributed by atoms with Crippen LogP contribution in [0.5, 0.6) is 0 Å². The van der Waals surface area contributed by atoms with Crippen molar-refractivity contribution in [2.45, 2.75) is 13.1 Å². The van der Waals surface area contributed by atoms with Gasteiger partial charge < -0.3 is 10.6 Å². The van der Waals surface area contributed by atoms with Gasteiger partial charge in [0, 0.05) is 5.56 Å². The molecule has 1 aliphatic rings. The molecule has 0 atom stereocenters. The number of fused-ring (bicyclic) bond motifs is 1. The molecule has 2 N–H and O–H groups in total. The number of benzene rings is 1. The number of carbonyl (C=O) groups is 1. The van der Waals surface area contributed by atoms with Gasteiger partial charge in [-0.2, -0.15) is 0 Å². The third-order valence-corrected chi connectivity index (χ3v) is 3.69. The highest BCUT2D eigenvalue weighted by Crippen LogP contribution is 2.30. The Bertz CT molecular complexity index is 541. The third-order valence-electron chi connectivity index (χ3n) is 2.78. The van der Waals surface area contributed by atoms with Crippen molar-refractivity contribution in [3.8, 4) is 0 Å². The zero-order valence-electron chi connectivity index (χ0n) is 9.09. The average molecular weight is 245 g/mol. The van der Waals surface area contributed by atoms with Crippen LogP contribution in [-0.2, 0) is 13.1 Å². The maximum atomic E-state index is 12.2. The molecule has 0 radical (unpaired) electrons. The Morgan fingerprint density at radius 1 is 1.29 bits per heavy atom. The number of anilines is 1. The van der Waals surface area contributed by atoms with Crippen LogP contribution < -0.4 is 5.73 Å². The van der Waals surface area contributed by atoms with E-state index in [9.17, 15) is 4.79 Å². The Hall–Kier alpha value is -1.88. The van der Waals surface area contributed by atoms with Gasteiger partial charge >= 0.3 is 0 Å². The number of thiazole rings is 1. The van der Waals surface area contributed by atoms with Crippen LogP contribution in [0.1, 0.15) is 20.9 Å². The Balaban J connectivity index is 1.81. The van der Waals surface area contributed by atoms with Crippen LogP contribution >= 0.6 is 11.3 Å². The van der Waals surface area contributed by atoms with Crippen LogP contribution in [0.3, 0.4) is 0 Å². The molecule has 0 saturated heterocycles. The van der Waals surface area contributed by atoms with Crippen molar-refractivity contribution in [1.82, 2.24) is 9.88 Å². The van der Waals surface area contributed by atoms with Crippen molar-refractivity contribution in [3.63, 3.8) is 0 Å². The summed E-state index contributed by atoms with van der Waals surface area (Å²) < 4.78 is 0. The fourth-order valence-electron chi connectivity index (χ4n) is 1.97. The molecule has 1 aromatic carbocycles. The number of hydrogen-bond donors (Lipinski definition) is 1. The Labute approximate surface area is 103 Å². The second-order valence-electron chi connectivity index (χ2n) is 3.95. The van der Waals surface area contributed by atoms with Gasteiger partial charge in [-0.1, -0.05) is 18.2 Å². The minimum Gasteiger partial charge on any atom is -0.375 e. The minimum absolute atomic E-state index is 0.0503. The molecule has 0 aliphatic carbocycles.